The number of hydrogen-bond acceptors (Lipinski definition) is 0. The summed E-state index contributed by atoms with van der Waals surface area (Å²) in [6.45, 7) is 1.94. The maximum Gasteiger partial charge on any atom is 0.127 e. The van der Waals surface area contributed by atoms with E-state index in [1.54, 1.807) is 12.1 Å². The van der Waals surface area contributed by atoms with E-state index in [1.165, 1.54) is 6.07 Å². The van der Waals surface area contributed by atoms with Crippen molar-refractivity contribution in [2.75, 3.05) is 0 Å². The van der Waals surface area contributed by atoms with Gasteiger partial charge in [-0.1, -0.05) is 55.5 Å². The lowest BCUT2D eigenvalue weighted by Gasteiger charge is -2.11. The van der Waals surface area contributed by atoms with E-state index in [-0.39, 0.29) is 5.82 Å². The predicted octanol–water partition coefficient (Wildman–Crippen LogP) is 3.82. The Bertz CT molecular complexity index is 434. The molecule has 0 saturated heterocycles. The minimum Gasteiger partial charge on any atom is -0.207 e. The molecule has 0 fully saturated rings. The summed E-state index contributed by atoms with van der Waals surface area (Å²) < 4.78 is 13.5. The number of hydrogen-bond donors (Lipinski definition) is 0. The Hall–Kier alpha value is -1.63. The molecular weight excluding hydrogens is 187 g/mol. The van der Waals surface area contributed by atoms with Gasteiger partial charge in [0.1, 0.15) is 5.82 Å². The lowest BCUT2D eigenvalue weighted by Crippen LogP contribution is -1.99. The Kier molecular flexibility index (Phi) is 2.82. The molecule has 0 aliphatic carbocycles. The Balaban J connectivity index is 2.37. The summed E-state index contributed by atoms with van der Waals surface area (Å²) in [5, 5.41) is 0. The van der Waals surface area contributed by atoms with E-state index in [1.807, 2.05) is 43.3 Å². The van der Waals surface area contributed by atoms with E-state index in [0.717, 1.165) is 11.5 Å². The summed E-state index contributed by atoms with van der Waals surface area (Å²) >= 11 is 0. The van der Waals surface area contributed by atoms with Gasteiger partial charge in [0.05, 0.1) is 0 Å². The van der Waals surface area contributed by atoms with Crippen molar-refractivity contribution in [3.63, 3.8) is 0 Å². The van der Waals surface area contributed by atoms with Crippen molar-refractivity contribution in [2.45, 2.75) is 6.92 Å². The van der Waals surface area contributed by atoms with Gasteiger partial charge in [0, 0.05) is 5.92 Å². The summed E-state index contributed by atoms with van der Waals surface area (Å²) in [7, 11) is 0. The molecule has 2 rings (SSSR count). The van der Waals surface area contributed by atoms with E-state index in [4.69, 9.17) is 0 Å². The van der Waals surface area contributed by atoms with Gasteiger partial charge in [0.25, 0.3) is 0 Å². The van der Waals surface area contributed by atoms with Crippen molar-refractivity contribution >= 4 is 0 Å². The van der Waals surface area contributed by atoms with Gasteiger partial charge in [0.2, 0.25) is 0 Å². The van der Waals surface area contributed by atoms with Crippen LogP contribution < -0.4 is 0 Å². The van der Waals surface area contributed by atoms with Gasteiger partial charge >= 0.3 is 0 Å². The Labute approximate surface area is 89.4 Å². The van der Waals surface area contributed by atoms with Crippen molar-refractivity contribution in [1.29, 1.82) is 0 Å². The molecule has 0 saturated carbocycles. The van der Waals surface area contributed by atoms with Gasteiger partial charge in [-0.15, -0.1) is 0 Å². The standard InChI is InChI=1S/C14H12F/c1-11(12-7-3-2-4-8-12)13-9-5-6-10-14(13)15/h2-10H,1H3. The summed E-state index contributed by atoms with van der Waals surface area (Å²) in [4.78, 5) is 0. The van der Waals surface area contributed by atoms with Crippen LogP contribution in [0.25, 0.3) is 0 Å². The van der Waals surface area contributed by atoms with Crippen LogP contribution in [0.4, 0.5) is 4.39 Å². The molecule has 0 bridgehead atoms. The van der Waals surface area contributed by atoms with Crippen LogP contribution in [-0.2, 0) is 0 Å². The monoisotopic (exact) mass is 199 g/mol. The first-order valence-corrected chi connectivity index (χ1v) is 4.93. The zero-order valence-corrected chi connectivity index (χ0v) is 8.57. The van der Waals surface area contributed by atoms with Gasteiger partial charge in [-0.05, 0) is 17.2 Å². The molecule has 0 spiro atoms. The molecule has 1 radical (unpaired) electrons. The van der Waals surface area contributed by atoms with Crippen LogP contribution in [-0.4, -0.2) is 0 Å². The van der Waals surface area contributed by atoms with Crippen LogP contribution in [0.2, 0.25) is 0 Å². The molecule has 0 N–H and O–H groups in total. The molecule has 0 aromatic heterocycles. The molecule has 15 heavy (non-hydrogen) atoms. The fourth-order valence-corrected chi connectivity index (χ4v) is 1.61. The van der Waals surface area contributed by atoms with Crippen LogP contribution >= 0.6 is 0 Å². The largest absolute Gasteiger partial charge is 0.207 e. The van der Waals surface area contributed by atoms with E-state index in [9.17, 15) is 4.39 Å². The lowest BCUT2D eigenvalue weighted by atomic mass is 9.93. The minimum absolute atomic E-state index is 0.168. The van der Waals surface area contributed by atoms with Gasteiger partial charge in [-0.25, -0.2) is 4.39 Å². The molecule has 0 heterocycles. The molecule has 1 heteroatoms. The van der Waals surface area contributed by atoms with Crippen molar-refractivity contribution < 1.29 is 4.39 Å². The molecule has 0 aliphatic rings. The van der Waals surface area contributed by atoms with Gasteiger partial charge in [-0.2, -0.15) is 0 Å². The summed E-state index contributed by atoms with van der Waals surface area (Å²) in [6.07, 6.45) is 0. The summed E-state index contributed by atoms with van der Waals surface area (Å²) in [6, 6.07) is 16.7. The summed E-state index contributed by atoms with van der Waals surface area (Å²) in [5.41, 5.74) is 1.73. The quantitative estimate of drug-likeness (QED) is 0.689. The van der Waals surface area contributed by atoms with Crippen LogP contribution in [0.3, 0.4) is 0 Å². The fraction of sp³-hybridized carbons (Fsp3) is 0.0714. The van der Waals surface area contributed by atoms with Crippen LogP contribution in [0.1, 0.15) is 18.1 Å². The van der Waals surface area contributed by atoms with E-state index < -0.39 is 0 Å². The maximum atomic E-state index is 13.5. The summed E-state index contributed by atoms with van der Waals surface area (Å²) in [5.74, 6) is 0.799. The van der Waals surface area contributed by atoms with Crippen molar-refractivity contribution in [3.05, 3.63) is 77.5 Å². The van der Waals surface area contributed by atoms with Crippen LogP contribution in [0, 0.1) is 11.7 Å². The molecule has 0 atom stereocenters. The van der Waals surface area contributed by atoms with Gasteiger partial charge in [-0.3, -0.25) is 0 Å². The average Bonchev–Trinajstić information content (AvgIpc) is 2.30. The van der Waals surface area contributed by atoms with Gasteiger partial charge < -0.3 is 0 Å². The highest BCUT2D eigenvalue weighted by Gasteiger charge is 2.12. The fourth-order valence-electron chi connectivity index (χ4n) is 1.61. The molecule has 0 amide bonds. The minimum atomic E-state index is -0.168. The molecule has 75 valence electrons. The second-order valence-corrected chi connectivity index (χ2v) is 3.47. The SMILES string of the molecule is C[C](c1ccccc1)c1ccccc1F. The van der Waals surface area contributed by atoms with E-state index in [0.29, 0.717) is 5.56 Å². The maximum absolute atomic E-state index is 13.5. The third-order valence-electron chi connectivity index (χ3n) is 2.48. The third-order valence-corrected chi connectivity index (χ3v) is 2.48. The smallest absolute Gasteiger partial charge is 0.127 e. The molecule has 2 aromatic carbocycles. The molecular formula is C14H12F. The zero-order valence-electron chi connectivity index (χ0n) is 8.57. The Morgan fingerprint density at radius 1 is 0.867 bits per heavy atom. The highest BCUT2D eigenvalue weighted by atomic mass is 19.1. The third kappa shape index (κ3) is 2.07. The second-order valence-electron chi connectivity index (χ2n) is 3.47. The molecule has 2 aromatic rings. The molecule has 0 unspecified atom stereocenters. The van der Waals surface area contributed by atoms with Gasteiger partial charge in [0.15, 0.2) is 0 Å². The number of benzene rings is 2. The van der Waals surface area contributed by atoms with Crippen molar-refractivity contribution in [2.24, 2.45) is 0 Å². The average molecular weight is 199 g/mol. The number of rotatable bonds is 2. The van der Waals surface area contributed by atoms with Crippen molar-refractivity contribution in [3.8, 4) is 0 Å². The molecule has 0 aliphatic heterocycles. The van der Waals surface area contributed by atoms with Crippen LogP contribution in [0.15, 0.2) is 54.6 Å². The van der Waals surface area contributed by atoms with E-state index >= 15 is 0 Å². The highest BCUT2D eigenvalue weighted by Crippen LogP contribution is 2.24. The molecule has 0 nitrogen and oxygen atoms in total. The lowest BCUT2D eigenvalue weighted by molar-refractivity contribution is 0.617. The first-order valence-electron chi connectivity index (χ1n) is 4.93. The Morgan fingerprint density at radius 3 is 2.13 bits per heavy atom. The second kappa shape index (κ2) is 4.26. The number of halogens is 1. The zero-order chi connectivity index (χ0) is 10.7. The van der Waals surface area contributed by atoms with E-state index in [2.05, 4.69) is 0 Å². The normalized spacial score (nSPS) is 10.6. The van der Waals surface area contributed by atoms with Crippen molar-refractivity contribution in [1.82, 2.24) is 0 Å². The topological polar surface area (TPSA) is 0 Å². The predicted molar refractivity (Wildman–Crippen MR) is 60.0 cm³/mol. The first kappa shape index (κ1) is 9.91. The van der Waals surface area contributed by atoms with Crippen LogP contribution in [0.5, 0.6) is 0 Å². The first-order chi connectivity index (χ1) is 7.29. The highest BCUT2D eigenvalue weighted by molar-refractivity contribution is 5.44. The Morgan fingerprint density at radius 2 is 1.47 bits per heavy atom.